The number of rotatable bonds is 18. The lowest BCUT2D eigenvalue weighted by Crippen LogP contribution is -2.40. The molecule has 4 aromatic carbocycles. The summed E-state index contributed by atoms with van der Waals surface area (Å²) in [6, 6.07) is 28.2. The van der Waals surface area contributed by atoms with Gasteiger partial charge in [0.1, 0.15) is 27.3 Å². The van der Waals surface area contributed by atoms with Crippen LogP contribution >= 0.6 is 70.8 Å². The van der Waals surface area contributed by atoms with E-state index in [2.05, 4.69) is 15.6 Å². The summed E-state index contributed by atoms with van der Waals surface area (Å²) < 4.78 is 153. The fourth-order valence-corrected chi connectivity index (χ4v) is 12.1. The quantitative estimate of drug-likeness (QED) is 0.0483. The Labute approximate surface area is 488 Å². The summed E-state index contributed by atoms with van der Waals surface area (Å²) in [5.74, 6) is -3.25. The zero-order chi connectivity index (χ0) is 58.3. The van der Waals surface area contributed by atoms with Crippen LogP contribution in [0.15, 0.2) is 115 Å². The number of hydrogen-bond acceptors (Lipinski definition) is 9. The molecule has 11 nitrogen and oxygen atoms in total. The average Bonchev–Trinajstić information content (AvgIpc) is 4.09. The van der Waals surface area contributed by atoms with Crippen LogP contribution < -0.4 is 19.0 Å². The molecular formula is C54H48Cl4F7N5O6S4. The lowest BCUT2D eigenvalue weighted by atomic mass is 9.92. The first-order valence-corrected chi connectivity index (χ1v) is 29.7. The van der Waals surface area contributed by atoms with Gasteiger partial charge in [-0.1, -0.05) is 70.8 Å². The van der Waals surface area contributed by atoms with E-state index in [9.17, 15) is 47.6 Å². The predicted octanol–water partition coefficient (Wildman–Crippen LogP) is 15.7. The summed E-state index contributed by atoms with van der Waals surface area (Å²) in [6.45, 7) is 2.12. The molecule has 0 spiro atoms. The third-order valence-corrected chi connectivity index (χ3v) is 16.7. The summed E-state index contributed by atoms with van der Waals surface area (Å²) in [6.07, 6.45) is -3.86. The monoisotopic (exact) mass is 1260 g/mol. The van der Waals surface area contributed by atoms with Gasteiger partial charge in [-0.3, -0.25) is 8.78 Å². The lowest BCUT2D eigenvalue weighted by molar-refractivity contribution is -0.137. The lowest BCUT2D eigenvalue weighted by Gasteiger charge is -2.29. The van der Waals surface area contributed by atoms with Crippen molar-refractivity contribution in [2.24, 2.45) is 0 Å². The summed E-state index contributed by atoms with van der Waals surface area (Å²) in [5.41, 5.74) is 5.62. The highest BCUT2D eigenvalue weighted by molar-refractivity contribution is 7.87. The Morgan fingerprint density at radius 3 is 1.49 bits per heavy atom. The molecule has 1 fully saturated rings. The van der Waals surface area contributed by atoms with Crippen molar-refractivity contribution in [3.8, 4) is 45.4 Å². The summed E-state index contributed by atoms with van der Waals surface area (Å²) in [4.78, 5) is 4.45. The normalized spacial score (nSPS) is 13.8. The smallest absolute Gasteiger partial charge is 0.382 e. The largest absolute Gasteiger partial charge is 0.417 e. The number of pyridine rings is 1. The molecule has 1 saturated carbocycles. The van der Waals surface area contributed by atoms with E-state index in [1.165, 1.54) is 30.3 Å². The van der Waals surface area contributed by atoms with Crippen molar-refractivity contribution >= 4 is 107 Å². The molecule has 3 heterocycles. The second-order valence-corrected chi connectivity index (χ2v) is 24.1. The number of anilines is 1. The molecule has 8 rings (SSSR count). The fourth-order valence-electron chi connectivity index (χ4n) is 8.54. The summed E-state index contributed by atoms with van der Waals surface area (Å²) in [5, 5.41) is 7.79. The van der Waals surface area contributed by atoms with Crippen LogP contribution in [0, 0.1) is 13.8 Å². The minimum atomic E-state index is -4.52. The number of halogens is 11. The number of hydrogen-bond donors (Lipinski definition) is 2. The zero-order valence-electron chi connectivity index (χ0n) is 42.2. The van der Waals surface area contributed by atoms with Crippen molar-refractivity contribution in [1.29, 1.82) is 0 Å². The van der Waals surface area contributed by atoms with Gasteiger partial charge in [0, 0.05) is 80.1 Å². The van der Waals surface area contributed by atoms with E-state index in [-0.39, 0.29) is 54.0 Å². The zero-order valence-corrected chi connectivity index (χ0v) is 48.5. The first-order valence-electron chi connectivity index (χ1n) is 24.2. The van der Waals surface area contributed by atoms with E-state index in [1.54, 1.807) is 73.7 Å². The maximum Gasteiger partial charge on any atom is 0.417 e. The van der Waals surface area contributed by atoms with Gasteiger partial charge in [0.2, 0.25) is 5.92 Å². The molecule has 1 aliphatic carbocycles. The van der Waals surface area contributed by atoms with Crippen molar-refractivity contribution in [3.63, 3.8) is 0 Å². The second-order valence-electron chi connectivity index (χ2n) is 18.2. The number of thiocarbonyl (C=S) groups is 2. The number of benzene rings is 4. The third-order valence-electron chi connectivity index (χ3n) is 12.5. The molecule has 26 heteroatoms. The molecule has 0 bridgehead atoms. The van der Waals surface area contributed by atoms with Crippen LogP contribution in [-0.2, 0) is 26.4 Å². The van der Waals surface area contributed by atoms with Gasteiger partial charge in [-0.05, 0) is 149 Å². The molecule has 0 unspecified atom stereocenters. The molecule has 0 aliphatic heterocycles. The Bertz CT molecular complexity index is 3600. The first kappa shape index (κ1) is 62.1. The van der Waals surface area contributed by atoms with Crippen LogP contribution in [0.2, 0.25) is 20.1 Å². The molecular weight excluding hydrogens is 1220 g/mol. The van der Waals surface area contributed by atoms with E-state index in [4.69, 9.17) is 79.2 Å². The van der Waals surface area contributed by atoms with Crippen LogP contribution in [-0.4, -0.2) is 77.8 Å². The van der Waals surface area contributed by atoms with Gasteiger partial charge in [0.05, 0.1) is 51.9 Å². The predicted molar refractivity (Wildman–Crippen MR) is 309 cm³/mol. The molecule has 426 valence electrons. The van der Waals surface area contributed by atoms with Gasteiger partial charge in [-0.25, -0.2) is 13.8 Å². The van der Waals surface area contributed by atoms with Gasteiger partial charge in [-0.2, -0.15) is 30.0 Å². The Morgan fingerprint density at radius 2 is 1.10 bits per heavy atom. The van der Waals surface area contributed by atoms with Crippen LogP contribution in [0.5, 0.6) is 11.5 Å². The van der Waals surface area contributed by atoms with Crippen molar-refractivity contribution in [2.45, 2.75) is 70.5 Å². The van der Waals surface area contributed by atoms with Crippen LogP contribution in [0.4, 0.5) is 36.6 Å². The topological polar surface area (TPSA) is 134 Å². The average molecular weight is 1270 g/mol. The summed E-state index contributed by atoms with van der Waals surface area (Å²) >= 11 is 36.6. The molecule has 7 aromatic rings. The van der Waals surface area contributed by atoms with Gasteiger partial charge in [-0.15, -0.1) is 0 Å². The number of nitrogens with zero attached hydrogens (tertiary/aromatic N) is 3. The third kappa shape index (κ3) is 16.0. The Morgan fingerprint density at radius 1 is 0.662 bits per heavy atom. The molecule has 0 saturated heterocycles. The van der Waals surface area contributed by atoms with Gasteiger partial charge < -0.3 is 28.1 Å². The van der Waals surface area contributed by atoms with E-state index < -0.39 is 62.8 Å². The van der Waals surface area contributed by atoms with Gasteiger partial charge in [0.25, 0.3) is 0 Å². The second kappa shape index (κ2) is 26.2. The van der Waals surface area contributed by atoms with Gasteiger partial charge in [0.15, 0.2) is 0 Å². The highest BCUT2D eigenvalue weighted by atomic mass is 35.5. The molecule has 3 aromatic heterocycles. The minimum Gasteiger partial charge on any atom is -0.382 e. The molecule has 1 aliphatic rings. The van der Waals surface area contributed by atoms with Crippen molar-refractivity contribution in [1.82, 2.24) is 19.4 Å². The molecule has 0 amide bonds. The fraction of sp³-hybridized carbons (Fsp3) is 0.278. The van der Waals surface area contributed by atoms with E-state index >= 15 is 0 Å². The highest BCUT2D eigenvalue weighted by Crippen LogP contribution is 2.39. The number of alkyl halides is 7. The summed E-state index contributed by atoms with van der Waals surface area (Å²) in [7, 11) is -7.88. The Balaban J connectivity index is 0.000000231. The van der Waals surface area contributed by atoms with E-state index in [0.717, 1.165) is 11.8 Å². The van der Waals surface area contributed by atoms with E-state index in [1.807, 2.05) is 22.1 Å². The molecule has 80 heavy (non-hydrogen) atoms. The maximum absolute atomic E-state index is 13.6. The van der Waals surface area contributed by atoms with Crippen molar-refractivity contribution < 1.29 is 55.9 Å². The van der Waals surface area contributed by atoms with Crippen LogP contribution in [0.25, 0.3) is 33.9 Å². The standard InChI is InChI=1S/C27H21Cl2F4N3O3S2.C27H27Cl2F3N2O3S2/c1-16-22(26(40)35-25-10-3-17(15-34-25)27(31,32)33)14-24(21-9-4-18(28)13-23(21)29)36(16)19-5-7-20(8-6-19)39-41(37,38)12-2-11-30;1-17-23(26(38)33-19-9-11-27(31,32)12-10-19)16-25(22-8-3-18(28)15-24(22)29)34(17)20-4-6-21(7-5-20)37-39(35,36)14-2-13-30/h3-10,13-15H,2,11-12H2,1H3,(H,34,35,40);3-8,15-16,19H,2,9-14H2,1H3,(H,33,38). The van der Waals surface area contributed by atoms with Gasteiger partial charge >= 0.3 is 26.4 Å². The highest BCUT2D eigenvalue weighted by Gasteiger charge is 2.36. The number of aromatic nitrogens is 3. The maximum atomic E-state index is 13.6. The van der Waals surface area contributed by atoms with Crippen LogP contribution in [0.1, 0.15) is 66.6 Å². The molecule has 2 N–H and O–H groups in total. The number of nitrogens with one attached hydrogen (secondary N) is 2. The van der Waals surface area contributed by atoms with Crippen molar-refractivity contribution in [2.75, 3.05) is 30.2 Å². The Kier molecular flexibility index (Phi) is 20.3. The minimum absolute atomic E-state index is 0.0503. The van der Waals surface area contributed by atoms with Crippen LogP contribution in [0.3, 0.4) is 0 Å². The Hall–Kier alpha value is -5.46. The van der Waals surface area contributed by atoms with Crippen molar-refractivity contribution in [3.05, 3.63) is 164 Å². The molecule has 0 atom stereocenters. The SMILES string of the molecule is Cc1c(C(=S)NC2CCC(F)(F)CC2)cc(-c2ccc(Cl)cc2Cl)n1-c1ccc(OS(=O)(=O)CCCF)cc1.Cc1c(C(=S)Nc2ccc(C(F)(F)F)cn2)cc(-c2ccc(Cl)cc2Cl)n1-c1ccc(OS(=O)(=O)CCCF)cc1. The first-order chi connectivity index (χ1) is 37.7. The van der Waals surface area contributed by atoms with E-state index in [0.29, 0.717) is 94.8 Å². The molecule has 0 radical (unpaired) electrons.